The van der Waals surface area contributed by atoms with Gasteiger partial charge in [0.25, 0.3) is 5.91 Å². The number of rotatable bonds is 4. The first-order valence-corrected chi connectivity index (χ1v) is 6.94. The quantitative estimate of drug-likeness (QED) is 0.906. The number of amides is 1. The van der Waals surface area contributed by atoms with Crippen LogP contribution in [0.25, 0.3) is 0 Å². The fourth-order valence-electron chi connectivity index (χ4n) is 2.02. The van der Waals surface area contributed by atoms with Crippen molar-refractivity contribution in [2.24, 2.45) is 5.92 Å². The Morgan fingerprint density at radius 2 is 2.05 bits per heavy atom. The van der Waals surface area contributed by atoms with Gasteiger partial charge in [-0.3, -0.25) is 9.59 Å². The fourth-order valence-corrected chi connectivity index (χ4v) is 2.02. The second kappa shape index (κ2) is 5.95. The zero-order valence-electron chi connectivity index (χ0n) is 12.7. The maximum Gasteiger partial charge on any atom is 0.257 e. The molecule has 2 heterocycles. The third-order valence-corrected chi connectivity index (χ3v) is 3.50. The van der Waals surface area contributed by atoms with E-state index in [0.717, 1.165) is 0 Å². The molecule has 112 valence electrons. The van der Waals surface area contributed by atoms with Crippen molar-refractivity contribution in [3.8, 4) is 0 Å². The summed E-state index contributed by atoms with van der Waals surface area (Å²) in [4.78, 5) is 26.3. The van der Waals surface area contributed by atoms with Gasteiger partial charge in [0.1, 0.15) is 5.82 Å². The highest BCUT2D eigenvalue weighted by molar-refractivity contribution is 6.03. The van der Waals surface area contributed by atoms with Crippen molar-refractivity contribution in [2.75, 3.05) is 5.32 Å². The number of hydrogen-bond donors (Lipinski definition) is 2. The number of aromatic amines is 1. The lowest BCUT2D eigenvalue weighted by molar-refractivity contribution is 0.102. The Kier molecular flexibility index (Phi) is 4.26. The molecule has 0 aliphatic rings. The third kappa shape index (κ3) is 3.39. The summed E-state index contributed by atoms with van der Waals surface area (Å²) in [6.45, 7) is 7.98. The van der Waals surface area contributed by atoms with Gasteiger partial charge in [-0.1, -0.05) is 13.8 Å². The SMILES string of the molecule is Cc1cc(C(=O)Nc2ccnn2[C@H](C)C(C)C)cc(=O)[nH]1. The lowest BCUT2D eigenvalue weighted by Gasteiger charge is -2.19. The summed E-state index contributed by atoms with van der Waals surface area (Å²) in [7, 11) is 0. The van der Waals surface area contributed by atoms with E-state index in [4.69, 9.17) is 0 Å². The smallest absolute Gasteiger partial charge is 0.257 e. The van der Waals surface area contributed by atoms with Crippen molar-refractivity contribution in [3.63, 3.8) is 0 Å². The minimum atomic E-state index is -0.318. The van der Waals surface area contributed by atoms with Gasteiger partial charge in [-0.15, -0.1) is 0 Å². The minimum Gasteiger partial charge on any atom is -0.326 e. The predicted octanol–water partition coefficient (Wildman–Crippen LogP) is 2.35. The molecule has 0 aliphatic carbocycles. The van der Waals surface area contributed by atoms with Gasteiger partial charge in [0.15, 0.2) is 0 Å². The number of hydrogen-bond acceptors (Lipinski definition) is 3. The number of pyridine rings is 1. The van der Waals surface area contributed by atoms with Gasteiger partial charge < -0.3 is 10.3 Å². The molecule has 0 radical (unpaired) electrons. The molecule has 0 aromatic carbocycles. The Labute approximate surface area is 123 Å². The second-order valence-corrected chi connectivity index (χ2v) is 5.52. The third-order valence-electron chi connectivity index (χ3n) is 3.50. The number of anilines is 1. The van der Waals surface area contributed by atoms with Gasteiger partial charge in [0, 0.05) is 23.4 Å². The highest BCUT2D eigenvalue weighted by atomic mass is 16.2. The Bertz CT molecular complexity index is 700. The van der Waals surface area contributed by atoms with Crippen molar-refractivity contribution >= 4 is 11.7 Å². The number of aryl methyl sites for hydroxylation is 1. The van der Waals surface area contributed by atoms with Crippen LogP contribution in [0.2, 0.25) is 0 Å². The second-order valence-electron chi connectivity index (χ2n) is 5.52. The molecular weight excluding hydrogens is 268 g/mol. The average Bonchev–Trinajstić information content (AvgIpc) is 2.84. The van der Waals surface area contributed by atoms with Crippen LogP contribution in [0.15, 0.2) is 29.2 Å². The van der Waals surface area contributed by atoms with E-state index in [1.165, 1.54) is 6.07 Å². The van der Waals surface area contributed by atoms with Crippen molar-refractivity contribution in [3.05, 3.63) is 46.0 Å². The molecule has 2 rings (SSSR count). The summed E-state index contributed by atoms with van der Waals surface area (Å²) in [5.41, 5.74) is 0.696. The van der Waals surface area contributed by atoms with Crippen LogP contribution in [0.3, 0.4) is 0 Å². The van der Waals surface area contributed by atoms with Crippen LogP contribution in [-0.2, 0) is 0 Å². The molecule has 0 spiro atoms. The van der Waals surface area contributed by atoms with Crippen LogP contribution in [0.5, 0.6) is 0 Å². The van der Waals surface area contributed by atoms with E-state index in [0.29, 0.717) is 23.0 Å². The number of carbonyl (C=O) groups excluding carboxylic acids is 1. The Hall–Kier alpha value is -2.37. The molecule has 0 aliphatic heterocycles. The van der Waals surface area contributed by atoms with Crippen LogP contribution < -0.4 is 10.9 Å². The van der Waals surface area contributed by atoms with Gasteiger partial charge in [-0.2, -0.15) is 5.10 Å². The van der Waals surface area contributed by atoms with E-state index in [2.05, 4.69) is 29.2 Å². The van der Waals surface area contributed by atoms with Crippen LogP contribution in [-0.4, -0.2) is 20.7 Å². The summed E-state index contributed by atoms with van der Waals surface area (Å²) in [5, 5.41) is 7.06. The number of nitrogens with one attached hydrogen (secondary N) is 2. The monoisotopic (exact) mass is 288 g/mol. The topological polar surface area (TPSA) is 79.8 Å². The van der Waals surface area contributed by atoms with Gasteiger partial charge in [0.05, 0.1) is 12.2 Å². The first-order chi connectivity index (χ1) is 9.88. The highest BCUT2D eigenvalue weighted by Gasteiger charge is 2.16. The lowest BCUT2D eigenvalue weighted by atomic mass is 10.1. The van der Waals surface area contributed by atoms with Crippen molar-refractivity contribution < 1.29 is 4.79 Å². The average molecular weight is 288 g/mol. The minimum absolute atomic E-state index is 0.163. The van der Waals surface area contributed by atoms with E-state index in [-0.39, 0.29) is 17.5 Å². The summed E-state index contributed by atoms with van der Waals surface area (Å²) in [6, 6.07) is 4.84. The Balaban J connectivity index is 2.24. The van der Waals surface area contributed by atoms with E-state index in [1.807, 2.05) is 6.92 Å². The molecule has 21 heavy (non-hydrogen) atoms. The molecule has 0 saturated heterocycles. The van der Waals surface area contributed by atoms with Crippen molar-refractivity contribution in [1.29, 1.82) is 0 Å². The standard InChI is InChI=1S/C15H20N4O2/c1-9(2)11(4)19-13(5-6-16-19)18-15(21)12-7-10(3)17-14(20)8-12/h5-9,11H,1-4H3,(H,17,20)(H,18,21)/t11-/m1/s1. The first kappa shape index (κ1) is 15.0. The fraction of sp³-hybridized carbons (Fsp3) is 0.400. The zero-order valence-corrected chi connectivity index (χ0v) is 12.7. The number of nitrogens with zero attached hydrogens (tertiary/aromatic N) is 2. The van der Waals surface area contributed by atoms with E-state index < -0.39 is 0 Å². The normalized spacial score (nSPS) is 12.4. The summed E-state index contributed by atoms with van der Waals surface area (Å²) in [6.07, 6.45) is 1.65. The number of H-pyrrole nitrogens is 1. The van der Waals surface area contributed by atoms with Gasteiger partial charge in [0.2, 0.25) is 5.56 Å². The molecule has 0 bridgehead atoms. The molecular formula is C15H20N4O2. The van der Waals surface area contributed by atoms with Crippen LogP contribution in [0.4, 0.5) is 5.82 Å². The first-order valence-electron chi connectivity index (χ1n) is 6.94. The number of aromatic nitrogens is 3. The molecule has 2 aromatic heterocycles. The molecule has 1 atom stereocenters. The molecule has 2 N–H and O–H groups in total. The van der Waals surface area contributed by atoms with E-state index in [1.54, 1.807) is 29.9 Å². The predicted molar refractivity (Wildman–Crippen MR) is 81.5 cm³/mol. The summed E-state index contributed by atoms with van der Waals surface area (Å²) >= 11 is 0. The number of carbonyl (C=O) groups is 1. The molecule has 6 heteroatoms. The van der Waals surface area contributed by atoms with Gasteiger partial charge in [-0.05, 0) is 25.8 Å². The summed E-state index contributed by atoms with van der Waals surface area (Å²) < 4.78 is 1.78. The molecule has 1 amide bonds. The molecule has 0 fully saturated rings. The lowest BCUT2D eigenvalue weighted by Crippen LogP contribution is -2.21. The Morgan fingerprint density at radius 3 is 2.67 bits per heavy atom. The zero-order chi connectivity index (χ0) is 15.6. The summed E-state index contributed by atoms with van der Waals surface area (Å²) in [5.74, 6) is 0.698. The van der Waals surface area contributed by atoms with Gasteiger partial charge >= 0.3 is 0 Å². The molecule has 2 aromatic rings. The highest BCUT2D eigenvalue weighted by Crippen LogP contribution is 2.21. The van der Waals surface area contributed by atoms with Crippen molar-refractivity contribution in [1.82, 2.24) is 14.8 Å². The van der Waals surface area contributed by atoms with Crippen LogP contribution >= 0.6 is 0 Å². The Morgan fingerprint density at radius 1 is 1.33 bits per heavy atom. The van der Waals surface area contributed by atoms with Crippen LogP contribution in [0, 0.1) is 12.8 Å². The van der Waals surface area contributed by atoms with Crippen molar-refractivity contribution in [2.45, 2.75) is 33.7 Å². The van der Waals surface area contributed by atoms with Gasteiger partial charge in [-0.25, -0.2) is 4.68 Å². The maximum atomic E-state index is 12.3. The molecule has 6 nitrogen and oxygen atoms in total. The molecule has 0 unspecified atom stereocenters. The van der Waals surface area contributed by atoms with E-state index >= 15 is 0 Å². The largest absolute Gasteiger partial charge is 0.326 e. The van der Waals surface area contributed by atoms with Crippen LogP contribution in [0.1, 0.15) is 42.9 Å². The molecule has 0 saturated carbocycles. The maximum absolute atomic E-state index is 12.3. The van der Waals surface area contributed by atoms with E-state index in [9.17, 15) is 9.59 Å².